The Morgan fingerprint density at radius 3 is 3.05 bits per heavy atom. The molecule has 0 aliphatic heterocycles. The van der Waals surface area contributed by atoms with E-state index in [1.807, 2.05) is 42.0 Å². The van der Waals surface area contributed by atoms with Crippen molar-refractivity contribution in [2.75, 3.05) is 11.6 Å². The molecule has 1 N–H and O–H groups in total. The molecule has 0 aliphatic carbocycles. The highest BCUT2D eigenvalue weighted by atomic mass is 32.2. The Labute approximate surface area is 129 Å². The number of nitrogens with zero attached hydrogens (tertiary/aromatic N) is 1. The predicted octanol–water partition coefficient (Wildman–Crippen LogP) is 4.26. The third kappa shape index (κ3) is 3.03. The zero-order valence-electron chi connectivity index (χ0n) is 10.8. The number of amides is 1. The van der Waals surface area contributed by atoms with Crippen LogP contribution in [0.25, 0.3) is 10.2 Å². The first kappa shape index (κ1) is 13.6. The number of hydrogen-bond acceptors (Lipinski definition) is 5. The van der Waals surface area contributed by atoms with Crippen molar-refractivity contribution >= 4 is 56.2 Å². The average molecular weight is 320 g/mol. The standard InChI is InChI=1S/C14H12N2OS3/c1-18-14-16-11-5-4-9(7-12(11)20-14)15-13(17)8-10-3-2-6-19-10/h2-7H,8H2,1H3,(H,15,17). The van der Waals surface area contributed by atoms with Gasteiger partial charge in [0.15, 0.2) is 4.34 Å². The van der Waals surface area contributed by atoms with Crippen LogP contribution in [-0.2, 0) is 11.2 Å². The molecule has 0 aliphatic rings. The summed E-state index contributed by atoms with van der Waals surface area (Å²) in [5.41, 5.74) is 1.81. The monoisotopic (exact) mass is 320 g/mol. The second-order valence-corrected chi connectivity index (χ2v) is 7.29. The van der Waals surface area contributed by atoms with E-state index < -0.39 is 0 Å². The number of nitrogens with one attached hydrogen (secondary N) is 1. The van der Waals surface area contributed by atoms with E-state index >= 15 is 0 Å². The van der Waals surface area contributed by atoms with Crippen molar-refractivity contribution in [3.8, 4) is 0 Å². The maximum absolute atomic E-state index is 12.0. The van der Waals surface area contributed by atoms with Gasteiger partial charge in [-0.3, -0.25) is 4.79 Å². The second kappa shape index (κ2) is 5.95. The third-order valence-corrected chi connectivity index (χ3v) is 5.62. The van der Waals surface area contributed by atoms with E-state index in [0.717, 1.165) is 25.1 Å². The zero-order valence-corrected chi connectivity index (χ0v) is 13.2. The lowest BCUT2D eigenvalue weighted by Gasteiger charge is -2.03. The number of rotatable bonds is 4. The molecule has 1 aromatic carbocycles. The molecule has 3 rings (SSSR count). The minimum atomic E-state index is 0.0152. The molecule has 6 heteroatoms. The van der Waals surface area contributed by atoms with Gasteiger partial charge in [-0.05, 0) is 35.9 Å². The second-order valence-electron chi connectivity index (χ2n) is 4.17. The SMILES string of the molecule is CSc1nc2ccc(NC(=O)Cc3cccs3)cc2s1. The van der Waals surface area contributed by atoms with Crippen molar-refractivity contribution in [3.63, 3.8) is 0 Å². The molecule has 2 heterocycles. The van der Waals surface area contributed by atoms with Gasteiger partial charge in [-0.1, -0.05) is 17.8 Å². The van der Waals surface area contributed by atoms with Crippen molar-refractivity contribution in [1.82, 2.24) is 4.98 Å². The van der Waals surface area contributed by atoms with Crippen LogP contribution < -0.4 is 5.32 Å². The minimum Gasteiger partial charge on any atom is -0.326 e. The molecule has 3 nitrogen and oxygen atoms in total. The van der Waals surface area contributed by atoms with Crippen LogP contribution in [0, 0.1) is 0 Å². The Hall–Kier alpha value is -1.37. The molecule has 0 atom stereocenters. The van der Waals surface area contributed by atoms with Crippen LogP contribution >= 0.6 is 34.4 Å². The van der Waals surface area contributed by atoms with Gasteiger partial charge in [0.1, 0.15) is 0 Å². The predicted molar refractivity (Wildman–Crippen MR) is 88.1 cm³/mol. The number of fused-ring (bicyclic) bond motifs is 1. The van der Waals surface area contributed by atoms with Crippen molar-refractivity contribution in [2.24, 2.45) is 0 Å². The molecule has 0 spiro atoms. The molecule has 0 fully saturated rings. The van der Waals surface area contributed by atoms with Gasteiger partial charge in [-0.2, -0.15) is 0 Å². The van der Waals surface area contributed by atoms with Gasteiger partial charge in [-0.25, -0.2) is 4.98 Å². The number of hydrogen-bond donors (Lipinski definition) is 1. The molecular weight excluding hydrogens is 308 g/mol. The molecule has 1 amide bonds. The van der Waals surface area contributed by atoms with Crippen molar-refractivity contribution in [2.45, 2.75) is 10.8 Å². The zero-order chi connectivity index (χ0) is 13.9. The molecule has 2 aromatic heterocycles. The van der Waals surface area contributed by atoms with E-state index in [9.17, 15) is 4.79 Å². The number of thiophene rings is 1. The van der Waals surface area contributed by atoms with Crippen LogP contribution in [0.3, 0.4) is 0 Å². The first-order chi connectivity index (χ1) is 9.74. The Kier molecular flexibility index (Phi) is 4.05. The summed E-state index contributed by atoms with van der Waals surface area (Å²) in [7, 11) is 0. The van der Waals surface area contributed by atoms with Gasteiger partial charge in [0.05, 0.1) is 16.6 Å². The van der Waals surface area contributed by atoms with Crippen LogP contribution in [0.1, 0.15) is 4.88 Å². The summed E-state index contributed by atoms with van der Waals surface area (Å²) in [4.78, 5) is 17.5. The lowest BCUT2D eigenvalue weighted by molar-refractivity contribution is -0.115. The number of anilines is 1. The summed E-state index contributed by atoms with van der Waals surface area (Å²) < 4.78 is 2.14. The summed E-state index contributed by atoms with van der Waals surface area (Å²) in [6.07, 6.45) is 2.44. The number of benzene rings is 1. The Morgan fingerprint density at radius 2 is 2.30 bits per heavy atom. The van der Waals surface area contributed by atoms with Gasteiger partial charge in [0.25, 0.3) is 0 Å². The quantitative estimate of drug-likeness (QED) is 0.730. The van der Waals surface area contributed by atoms with Gasteiger partial charge < -0.3 is 5.32 Å². The molecular formula is C14H12N2OS3. The topological polar surface area (TPSA) is 42.0 Å². The van der Waals surface area contributed by atoms with Crippen molar-refractivity contribution in [3.05, 3.63) is 40.6 Å². The first-order valence-corrected chi connectivity index (χ1v) is 8.93. The van der Waals surface area contributed by atoms with Gasteiger partial charge in [0, 0.05) is 10.6 Å². The molecule has 102 valence electrons. The maximum atomic E-state index is 12.0. The summed E-state index contributed by atoms with van der Waals surface area (Å²) in [5, 5.41) is 4.92. The van der Waals surface area contributed by atoms with Crippen molar-refractivity contribution in [1.29, 1.82) is 0 Å². The number of thioether (sulfide) groups is 1. The van der Waals surface area contributed by atoms with Gasteiger partial charge in [-0.15, -0.1) is 22.7 Å². The summed E-state index contributed by atoms with van der Waals surface area (Å²) >= 11 is 4.88. The first-order valence-electron chi connectivity index (χ1n) is 6.01. The summed E-state index contributed by atoms with van der Waals surface area (Å²) in [6.45, 7) is 0. The van der Waals surface area contributed by atoms with Crippen LogP contribution in [0.2, 0.25) is 0 Å². The third-order valence-electron chi connectivity index (χ3n) is 2.74. The van der Waals surface area contributed by atoms with Gasteiger partial charge >= 0.3 is 0 Å². The molecule has 0 bridgehead atoms. The molecule has 0 radical (unpaired) electrons. The molecule has 20 heavy (non-hydrogen) atoms. The van der Waals surface area contributed by atoms with E-state index in [4.69, 9.17) is 0 Å². The minimum absolute atomic E-state index is 0.0152. The van der Waals surface area contributed by atoms with Crippen molar-refractivity contribution < 1.29 is 4.79 Å². The largest absolute Gasteiger partial charge is 0.326 e. The Balaban J connectivity index is 1.75. The molecule has 3 aromatic rings. The molecule has 0 unspecified atom stereocenters. The highest BCUT2D eigenvalue weighted by Crippen LogP contribution is 2.30. The fourth-order valence-electron chi connectivity index (χ4n) is 1.85. The molecule has 0 saturated heterocycles. The fourth-order valence-corrected chi connectivity index (χ4v) is 4.08. The number of thiazole rings is 1. The number of carbonyl (C=O) groups excluding carboxylic acids is 1. The highest BCUT2D eigenvalue weighted by Gasteiger charge is 2.07. The fraction of sp³-hybridized carbons (Fsp3) is 0.143. The average Bonchev–Trinajstić information content (AvgIpc) is 3.06. The smallest absolute Gasteiger partial charge is 0.229 e. The van der Waals surface area contributed by atoms with Crippen LogP contribution in [0.5, 0.6) is 0 Å². The van der Waals surface area contributed by atoms with Crippen LogP contribution in [0.4, 0.5) is 5.69 Å². The summed E-state index contributed by atoms with van der Waals surface area (Å²) in [5.74, 6) is 0.0152. The van der Waals surface area contributed by atoms with E-state index in [1.165, 1.54) is 0 Å². The van der Waals surface area contributed by atoms with E-state index in [1.54, 1.807) is 34.4 Å². The normalized spacial score (nSPS) is 10.8. The van der Waals surface area contributed by atoms with E-state index in [0.29, 0.717) is 6.42 Å². The Bertz CT molecular complexity index is 734. The van der Waals surface area contributed by atoms with Gasteiger partial charge in [0.2, 0.25) is 5.91 Å². The number of aromatic nitrogens is 1. The summed E-state index contributed by atoms with van der Waals surface area (Å²) in [6, 6.07) is 9.77. The Morgan fingerprint density at radius 1 is 1.40 bits per heavy atom. The van der Waals surface area contributed by atoms with Crippen LogP contribution in [0.15, 0.2) is 40.1 Å². The maximum Gasteiger partial charge on any atom is 0.229 e. The number of carbonyl (C=O) groups is 1. The lowest BCUT2D eigenvalue weighted by Crippen LogP contribution is -2.13. The highest BCUT2D eigenvalue weighted by molar-refractivity contribution is 8.00. The molecule has 0 saturated carbocycles. The van der Waals surface area contributed by atoms with Crippen LogP contribution in [-0.4, -0.2) is 17.1 Å². The van der Waals surface area contributed by atoms with E-state index in [-0.39, 0.29) is 5.91 Å². The van der Waals surface area contributed by atoms with E-state index in [2.05, 4.69) is 10.3 Å². The lowest BCUT2D eigenvalue weighted by atomic mass is 10.2.